The summed E-state index contributed by atoms with van der Waals surface area (Å²) in [6, 6.07) is 17.1. The van der Waals surface area contributed by atoms with E-state index in [-0.39, 0.29) is 12.4 Å². The first-order valence-electron chi connectivity index (χ1n) is 6.84. The second-order valence-corrected chi connectivity index (χ2v) is 5.21. The van der Waals surface area contributed by atoms with Crippen LogP contribution in [-0.4, -0.2) is 30.1 Å². The number of hydrogen-bond donors (Lipinski definition) is 0. The van der Waals surface area contributed by atoms with E-state index in [1.165, 1.54) is 21.8 Å². The summed E-state index contributed by atoms with van der Waals surface area (Å²) in [7, 11) is 4.07. The smallest absolute Gasteiger partial charge is 0.0844 e. The van der Waals surface area contributed by atoms with Crippen LogP contribution in [0.1, 0.15) is 0 Å². The number of rotatable bonds is 2. The molecule has 2 aromatic carbocycles. The molecule has 2 nitrogen and oxygen atoms in total. The van der Waals surface area contributed by atoms with Crippen LogP contribution >= 0.6 is 0 Å². The van der Waals surface area contributed by atoms with Crippen molar-refractivity contribution in [3.8, 4) is 11.8 Å². The minimum absolute atomic E-state index is 0. The topological polar surface area (TPSA) is 8.17 Å². The summed E-state index contributed by atoms with van der Waals surface area (Å²) < 4.78 is 2.30. The van der Waals surface area contributed by atoms with E-state index in [1.54, 1.807) is 0 Å². The molecular weight excluding hydrogens is 280 g/mol. The van der Waals surface area contributed by atoms with E-state index in [0.29, 0.717) is 0 Å². The zero-order valence-electron chi connectivity index (χ0n) is 12.3. The number of aromatic nitrogens is 1. The molecule has 0 aliphatic rings. The maximum absolute atomic E-state index is 3.27. The van der Waals surface area contributed by atoms with E-state index in [4.69, 9.17) is 0 Å². The normalized spacial score (nSPS) is 10.4. The quantitative estimate of drug-likeness (QED) is 0.620. The van der Waals surface area contributed by atoms with Crippen molar-refractivity contribution in [3.05, 3.63) is 48.5 Å². The molecule has 0 aliphatic carbocycles. The molecular formula is C18H18ClN2-. The van der Waals surface area contributed by atoms with Crippen LogP contribution in [0.4, 0.5) is 0 Å². The summed E-state index contributed by atoms with van der Waals surface area (Å²) in [4.78, 5) is 2.08. The lowest BCUT2D eigenvalue weighted by molar-refractivity contribution is -0.00000402. The molecule has 21 heavy (non-hydrogen) atoms. The van der Waals surface area contributed by atoms with Gasteiger partial charge in [0.1, 0.15) is 0 Å². The van der Waals surface area contributed by atoms with Crippen molar-refractivity contribution in [3.63, 3.8) is 0 Å². The Balaban J connectivity index is 0.00000161. The van der Waals surface area contributed by atoms with Gasteiger partial charge in [-0.3, -0.25) is 4.90 Å². The Morgan fingerprint density at radius 3 is 1.90 bits per heavy atom. The van der Waals surface area contributed by atoms with Crippen LogP contribution in [0.3, 0.4) is 0 Å². The molecule has 0 aliphatic heterocycles. The molecule has 0 spiro atoms. The van der Waals surface area contributed by atoms with Gasteiger partial charge in [0.2, 0.25) is 0 Å². The summed E-state index contributed by atoms with van der Waals surface area (Å²) in [5.41, 5.74) is 2.51. The molecule has 0 amide bonds. The molecule has 3 heteroatoms. The first-order chi connectivity index (χ1) is 9.77. The van der Waals surface area contributed by atoms with E-state index < -0.39 is 0 Å². The number of nitrogens with zero attached hydrogens (tertiary/aromatic N) is 2. The van der Waals surface area contributed by atoms with Crippen LogP contribution in [-0.2, 0) is 6.54 Å². The monoisotopic (exact) mass is 297 g/mol. The molecule has 0 unspecified atom stereocenters. The molecule has 108 valence electrons. The van der Waals surface area contributed by atoms with Gasteiger partial charge in [-0.15, -0.1) is 0 Å². The Labute approximate surface area is 131 Å². The predicted octanol–water partition coefficient (Wildman–Crippen LogP) is 0.364. The van der Waals surface area contributed by atoms with Gasteiger partial charge in [0.15, 0.2) is 0 Å². The third kappa shape index (κ3) is 3.05. The summed E-state index contributed by atoms with van der Waals surface area (Å²) in [6.07, 6.45) is 0. The van der Waals surface area contributed by atoms with Crippen LogP contribution < -0.4 is 12.4 Å². The highest BCUT2D eigenvalue weighted by Gasteiger charge is 2.07. The molecule has 0 fully saturated rings. The van der Waals surface area contributed by atoms with Crippen molar-refractivity contribution in [2.75, 3.05) is 20.6 Å². The van der Waals surface area contributed by atoms with Gasteiger partial charge in [0, 0.05) is 21.8 Å². The van der Waals surface area contributed by atoms with Crippen molar-refractivity contribution in [2.45, 2.75) is 6.54 Å². The van der Waals surface area contributed by atoms with Crippen molar-refractivity contribution < 1.29 is 12.4 Å². The standard InChI is InChI=1S/C18H18N2.ClH/c1-19(2)13-7-8-14-20-17-11-5-3-9-15(17)16-10-4-6-12-18(16)20;/h3-6,9-12H,13-14H2,1-2H3;1H/p-1. The highest BCUT2D eigenvalue weighted by atomic mass is 35.5. The number of fused-ring (bicyclic) bond motifs is 3. The average molecular weight is 298 g/mol. The lowest BCUT2D eigenvalue weighted by Gasteiger charge is -2.03. The lowest BCUT2D eigenvalue weighted by Crippen LogP contribution is -3.00. The third-order valence-corrected chi connectivity index (χ3v) is 3.44. The third-order valence-electron chi connectivity index (χ3n) is 3.44. The maximum atomic E-state index is 3.27. The number of hydrogen-bond acceptors (Lipinski definition) is 1. The van der Waals surface area contributed by atoms with Crippen LogP contribution in [0.5, 0.6) is 0 Å². The molecule has 0 bridgehead atoms. The van der Waals surface area contributed by atoms with Crippen molar-refractivity contribution in [1.82, 2.24) is 9.47 Å². The summed E-state index contributed by atoms with van der Waals surface area (Å²) in [5.74, 6) is 6.48. The second-order valence-electron chi connectivity index (χ2n) is 5.21. The van der Waals surface area contributed by atoms with Gasteiger partial charge in [-0.1, -0.05) is 48.2 Å². The van der Waals surface area contributed by atoms with Gasteiger partial charge in [-0.2, -0.15) is 0 Å². The Hall–Kier alpha value is -1.95. The predicted molar refractivity (Wildman–Crippen MR) is 85.8 cm³/mol. The van der Waals surface area contributed by atoms with Crippen molar-refractivity contribution in [1.29, 1.82) is 0 Å². The Bertz CT molecular complexity index is 753. The van der Waals surface area contributed by atoms with Crippen molar-refractivity contribution >= 4 is 21.8 Å². The molecule has 1 aromatic heterocycles. The van der Waals surface area contributed by atoms with Crippen molar-refractivity contribution in [2.24, 2.45) is 0 Å². The fourth-order valence-electron chi connectivity index (χ4n) is 2.52. The van der Waals surface area contributed by atoms with Crippen LogP contribution in [0, 0.1) is 11.8 Å². The Morgan fingerprint density at radius 2 is 1.38 bits per heavy atom. The van der Waals surface area contributed by atoms with E-state index in [9.17, 15) is 0 Å². The highest BCUT2D eigenvalue weighted by Crippen LogP contribution is 2.28. The fourth-order valence-corrected chi connectivity index (χ4v) is 2.52. The first-order valence-corrected chi connectivity index (χ1v) is 6.84. The van der Waals surface area contributed by atoms with Gasteiger partial charge in [-0.05, 0) is 26.2 Å². The highest BCUT2D eigenvalue weighted by molar-refractivity contribution is 6.07. The summed E-state index contributed by atoms with van der Waals surface area (Å²) in [5, 5.41) is 2.61. The molecule has 0 saturated heterocycles. The molecule has 0 saturated carbocycles. The van der Waals surface area contributed by atoms with E-state index in [1.807, 2.05) is 14.1 Å². The lowest BCUT2D eigenvalue weighted by atomic mass is 10.2. The average Bonchev–Trinajstić information content (AvgIpc) is 2.78. The van der Waals surface area contributed by atoms with E-state index >= 15 is 0 Å². The van der Waals surface area contributed by atoms with Gasteiger partial charge in [0.25, 0.3) is 0 Å². The number of para-hydroxylation sites is 2. The van der Waals surface area contributed by atoms with E-state index in [0.717, 1.165) is 13.1 Å². The van der Waals surface area contributed by atoms with E-state index in [2.05, 4.69) is 69.8 Å². The minimum atomic E-state index is 0. The molecule has 1 heterocycles. The van der Waals surface area contributed by atoms with Gasteiger partial charge >= 0.3 is 0 Å². The van der Waals surface area contributed by atoms with Gasteiger partial charge < -0.3 is 17.0 Å². The zero-order valence-corrected chi connectivity index (χ0v) is 13.1. The van der Waals surface area contributed by atoms with Gasteiger partial charge in [0.05, 0.1) is 13.1 Å². The molecule has 3 aromatic rings. The summed E-state index contributed by atoms with van der Waals surface area (Å²) in [6.45, 7) is 1.54. The van der Waals surface area contributed by atoms with Crippen LogP contribution in [0.25, 0.3) is 21.8 Å². The fraction of sp³-hybridized carbons (Fsp3) is 0.222. The summed E-state index contributed by atoms with van der Waals surface area (Å²) >= 11 is 0. The SMILES string of the molecule is CN(C)CC#CCn1c2ccccc2c2ccccc21.[Cl-]. The van der Waals surface area contributed by atoms with Gasteiger partial charge in [-0.25, -0.2) is 0 Å². The minimum Gasteiger partial charge on any atom is -1.00 e. The number of halogens is 1. The molecule has 3 rings (SSSR count). The zero-order chi connectivity index (χ0) is 13.9. The largest absolute Gasteiger partial charge is 1.00 e. The molecule has 0 atom stereocenters. The molecule has 0 N–H and O–H groups in total. The Kier molecular flexibility index (Phi) is 4.90. The maximum Gasteiger partial charge on any atom is 0.0844 e. The first kappa shape index (κ1) is 15.4. The Morgan fingerprint density at radius 1 is 0.857 bits per heavy atom. The number of benzene rings is 2. The second kappa shape index (κ2) is 6.67. The van der Waals surface area contributed by atoms with Crippen LogP contribution in [0.15, 0.2) is 48.5 Å². The molecule has 0 radical (unpaired) electrons. The van der Waals surface area contributed by atoms with Crippen LogP contribution in [0.2, 0.25) is 0 Å².